The van der Waals surface area contributed by atoms with Crippen LogP contribution >= 0.6 is 22.9 Å². The van der Waals surface area contributed by atoms with E-state index in [2.05, 4.69) is 6.07 Å². The maximum atomic E-state index is 13.3. The zero-order valence-electron chi connectivity index (χ0n) is 14.2. The van der Waals surface area contributed by atoms with Crippen molar-refractivity contribution in [3.63, 3.8) is 0 Å². The summed E-state index contributed by atoms with van der Waals surface area (Å²) < 4.78 is 0. The van der Waals surface area contributed by atoms with Gasteiger partial charge in [0, 0.05) is 23.6 Å². The van der Waals surface area contributed by atoms with E-state index in [4.69, 9.17) is 11.6 Å². The summed E-state index contributed by atoms with van der Waals surface area (Å²) in [6.45, 7) is 0.569. The Kier molecular flexibility index (Phi) is 4.68. The molecule has 0 aliphatic carbocycles. The number of hydrogen-bond donors (Lipinski definition) is 0. The van der Waals surface area contributed by atoms with Gasteiger partial charge in [-0.3, -0.25) is 14.9 Å². The van der Waals surface area contributed by atoms with Crippen molar-refractivity contribution in [3.8, 4) is 0 Å². The van der Waals surface area contributed by atoms with E-state index in [9.17, 15) is 14.9 Å². The summed E-state index contributed by atoms with van der Waals surface area (Å²) in [6, 6.07) is 15.7. The van der Waals surface area contributed by atoms with Crippen LogP contribution in [0.25, 0.3) is 0 Å². The molecule has 1 aromatic heterocycles. The summed E-state index contributed by atoms with van der Waals surface area (Å²) in [5.41, 5.74) is 2.31. The molecule has 0 saturated carbocycles. The second-order valence-corrected chi connectivity index (χ2v) is 7.69. The van der Waals surface area contributed by atoms with E-state index >= 15 is 0 Å². The molecule has 0 saturated heterocycles. The molecule has 0 unspecified atom stereocenters. The fraction of sp³-hybridized carbons (Fsp3) is 0.150. The van der Waals surface area contributed by atoms with Crippen molar-refractivity contribution in [2.75, 3.05) is 6.54 Å². The van der Waals surface area contributed by atoms with E-state index in [0.29, 0.717) is 6.54 Å². The molecule has 1 aliphatic rings. The summed E-state index contributed by atoms with van der Waals surface area (Å²) in [5, 5.41) is 13.1. The molecule has 4 rings (SSSR count). The molecule has 1 aliphatic heterocycles. The predicted molar refractivity (Wildman–Crippen MR) is 105 cm³/mol. The first-order valence-corrected chi connectivity index (χ1v) is 9.68. The zero-order valence-corrected chi connectivity index (χ0v) is 15.7. The highest BCUT2D eigenvalue weighted by Gasteiger charge is 2.34. The van der Waals surface area contributed by atoms with E-state index in [0.717, 1.165) is 17.5 Å². The number of carbonyl (C=O) groups excluding carboxylic acids is 1. The third kappa shape index (κ3) is 3.22. The Morgan fingerprint density at radius 2 is 1.96 bits per heavy atom. The van der Waals surface area contributed by atoms with Gasteiger partial charge in [-0.2, -0.15) is 0 Å². The molecule has 7 heteroatoms. The van der Waals surface area contributed by atoms with Crippen LogP contribution in [-0.4, -0.2) is 22.3 Å². The lowest BCUT2D eigenvalue weighted by atomic mass is 9.92. The van der Waals surface area contributed by atoms with Gasteiger partial charge in [0.05, 0.1) is 21.6 Å². The molecule has 0 fully saturated rings. The Balaban J connectivity index is 1.76. The van der Waals surface area contributed by atoms with Gasteiger partial charge in [-0.1, -0.05) is 41.9 Å². The number of nitro groups is 1. The molecule has 0 radical (unpaired) electrons. The number of halogens is 1. The average molecular weight is 399 g/mol. The Labute approximate surface area is 165 Å². The summed E-state index contributed by atoms with van der Waals surface area (Å²) in [5.74, 6) is -0.222. The predicted octanol–water partition coefficient (Wildman–Crippen LogP) is 5.10. The molecule has 5 nitrogen and oxygen atoms in total. The summed E-state index contributed by atoms with van der Waals surface area (Å²) in [6.07, 6.45) is 0.784. The standard InChI is InChI=1S/C20H15ClN2O3S/c21-17-12-14(23(25)26)6-7-15(17)20(24)22-10-8-18-16(9-11-27-18)19(22)13-4-2-1-3-5-13/h1-7,9,11-12,19H,8,10H2/t19-/m0/s1. The molecule has 1 amide bonds. The number of fused-ring (bicyclic) bond motifs is 1. The first-order valence-electron chi connectivity index (χ1n) is 8.42. The van der Waals surface area contributed by atoms with Crippen LogP contribution in [0.15, 0.2) is 60.0 Å². The highest BCUT2D eigenvalue weighted by Crippen LogP contribution is 2.39. The van der Waals surface area contributed by atoms with Crippen LogP contribution in [0.2, 0.25) is 5.02 Å². The zero-order chi connectivity index (χ0) is 19.0. The number of nitrogens with zero attached hydrogens (tertiary/aromatic N) is 2. The van der Waals surface area contributed by atoms with Crippen molar-refractivity contribution in [3.05, 3.63) is 96.7 Å². The van der Waals surface area contributed by atoms with Gasteiger partial charge >= 0.3 is 0 Å². The first-order chi connectivity index (χ1) is 13.1. The Bertz CT molecular complexity index is 1020. The molecule has 0 N–H and O–H groups in total. The van der Waals surface area contributed by atoms with Crippen LogP contribution in [0.1, 0.15) is 32.4 Å². The Morgan fingerprint density at radius 1 is 1.19 bits per heavy atom. The minimum Gasteiger partial charge on any atom is -0.327 e. The van der Waals surface area contributed by atoms with Gasteiger partial charge in [0.25, 0.3) is 11.6 Å². The van der Waals surface area contributed by atoms with Crippen LogP contribution in [0.3, 0.4) is 0 Å². The molecule has 0 bridgehead atoms. The molecule has 2 aromatic carbocycles. The lowest BCUT2D eigenvalue weighted by Gasteiger charge is -2.36. The smallest absolute Gasteiger partial charge is 0.270 e. The number of hydrogen-bond acceptors (Lipinski definition) is 4. The molecular formula is C20H15ClN2O3S. The number of benzene rings is 2. The van der Waals surface area contributed by atoms with Crippen molar-refractivity contribution >= 4 is 34.5 Å². The van der Waals surface area contributed by atoms with Gasteiger partial charge in [0.15, 0.2) is 0 Å². The van der Waals surface area contributed by atoms with Crippen molar-refractivity contribution in [1.29, 1.82) is 0 Å². The van der Waals surface area contributed by atoms with E-state index in [1.54, 1.807) is 16.2 Å². The lowest BCUT2D eigenvalue weighted by Crippen LogP contribution is -2.40. The lowest BCUT2D eigenvalue weighted by molar-refractivity contribution is -0.384. The number of amides is 1. The van der Waals surface area contributed by atoms with Gasteiger partial charge in [-0.15, -0.1) is 11.3 Å². The average Bonchev–Trinajstić information content (AvgIpc) is 3.16. The van der Waals surface area contributed by atoms with Crippen LogP contribution in [0.5, 0.6) is 0 Å². The quantitative estimate of drug-likeness (QED) is 0.455. The van der Waals surface area contributed by atoms with E-state index in [-0.39, 0.29) is 28.2 Å². The van der Waals surface area contributed by atoms with Crippen LogP contribution in [0.4, 0.5) is 5.69 Å². The topological polar surface area (TPSA) is 63.4 Å². The highest BCUT2D eigenvalue weighted by atomic mass is 35.5. The van der Waals surface area contributed by atoms with Crippen LogP contribution in [0, 0.1) is 10.1 Å². The van der Waals surface area contributed by atoms with Crippen molar-refractivity contribution in [1.82, 2.24) is 4.90 Å². The van der Waals surface area contributed by atoms with Crippen molar-refractivity contribution < 1.29 is 9.72 Å². The summed E-state index contributed by atoms with van der Waals surface area (Å²) in [4.78, 5) is 26.8. The van der Waals surface area contributed by atoms with E-state index in [1.807, 2.05) is 35.7 Å². The molecule has 2 heterocycles. The van der Waals surface area contributed by atoms with Gasteiger partial charge in [-0.25, -0.2) is 0 Å². The fourth-order valence-corrected chi connectivity index (χ4v) is 4.64. The van der Waals surface area contributed by atoms with Crippen LogP contribution < -0.4 is 0 Å². The minimum absolute atomic E-state index is 0.0946. The van der Waals surface area contributed by atoms with Crippen molar-refractivity contribution in [2.24, 2.45) is 0 Å². The number of non-ortho nitro benzene ring substituents is 1. The van der Waals surface area contributed by atoms with Gasteiger partial charge < -0.3 is 4.90 Å². The molecule has 3 aromatic rings. The van der Waals surface area contributed by atoms with Gasteiger partial charge in [-0.05, 0) is 35.1 Å². The molecule has 0 spiro atoms. The number of rotatable bonds is 3. The fourth-order valence-electron chi connectivity index (χ4n) is 3.48. The molecule has 27 heavy (non-hydrogen) atoms. The first kappa shape index (κ1) is 17.7. The third-order valence-corrected chi connectivity index (χ3v) is 6.05. The summed E-state index contributed by atoms with van der Waals surface area (Å²) >= 11 is 7.91. The highest BCUT2D eigenvalue weighted by molar-refractivity contribution is 7.10. The number of thiophene rings is 1. The molecule has 1 atom stereocenters. The van der Waals surface area contributed by atoms with Crippen LogP contribution in [-0.2, 0) is 6.42 Å². The third-order valence-electron chi connectivity index (χ3n) is 4.74. The second kappa shape index (κ2) is 7.13. The van der Waals surface area contributed by atoms with E-state index in [1.165, 1.54) is 23.1 Å². The van der Waals surface area contributed by atoms with Crippen molar-refractivity contribution in [2.45, 2.75) is 12.5 Å². The maximum Gasteiger partial charge on any atom is 0.270 e. The second-order valence-electron chi connectivity index (χ2n) is 6.28. The molecular weight excluding hydrogens is 384 g/mol. The van der Waals surface area contributed by atoms with Gasteiger partial charge in [0.2, 0.25) is 0 Å². The van der Waals surface area contributed by atoms with E-state index < -0.39 is 4.92 Å². The summed E-state index contributed by atoms with van der Waals surface area (Å²) in [7, 11) is 0. The van der Waals surface area contributed by atoms with Gasteiger partial charge in [0.1, 0.15) is 0 Å². The Hall–Kier alpha value is -2.70. The Morgan fingerprint density at radius 3 is 2.67 bits per heavy atom. The maximum absolute atomic E-state index is 13.3. The molecule has 136 valence electrons. The SMILES string of the molecule is O=C(c1ccc([N+](=O)[O-])cc1Cl)N1CCc2sccc2[C@@H]1c1ccccc1. The minimum atomic E-state index is -0.522. The number of carbonyl (C=O) groups is 1. The largest absolute Gasteiger partial charge is 0.327 e. The number of nitro benzene ring substituents is 1. The monoisotopic (exact) mass is 398 g/mol. The normalized spacial score (nSPS) is 16.0.